The zero-order valence-corrected chi connectivity index (χ0v) is 21.4. The molecule has 0 saturated carbocycles. The number of thiazole rings is 1. The lowest BCUT2D eigenvalue weighted by atomic mass is 10.1. The van der Waals surface area contributed by atoms with Gasteiger partial charge < -0.3 is 15.4 Å². The summed E-state index contributed by atoms with van der Waals surface area (Å²) < 4.78 is 47.9. The van der Waals surface area contributed by atoms with Gasteiger partial charge in [-0.2, -0.15) is 13.2 Å². The van der Waals surface area contributed by atoms with Gasteiger partial charge in [-0.3, -0.25) is 9.78 Å². The molecule has 12 heteroatoms. The Bertz CT molecular complexity index is 1400. The summed E-state index contributed by atoms with van der Waals surface area (Å²) in [6.45, 7) is 5.76. The van der Waals surface area contributed by atoms with Gasteiger partial charge in [0.1, 0.15) is 11.4 Å². The highest BCUT2D eigenvalue weighted by Gasteiger charge is 2.33. The van der Waals surface area contributed by atoms with E-state index in [2.05, 4.69) is 25.9 Å². The number of methoxy groups -OCH3 is 1. The van der Waals surface area contributed by atoms with Crippen molar-refractivity contribution in [3.05, 3.63) is 70.5 Å². The van der Waals surface area contributed by atoms with Crippen LogP contribution in [0.25, 0.3) is 16.3 Å². The van der Waals surface area contributed by atoms with Crippen LogP contribution in [0.5, 0.6) is 5.75 Å². The summed E-state index contributed by atoms with van der Waals surface area (Å²) in [4.78, 5) is 18.1. The number of carbonyl (C=O) groups is 1. The average Bonchev–Trinajstić information content (AvgIpc) is 3.54. The van der Waals surface area contributed by atoms with Crippen molar-refractivity contribution in [2.24, 2.45) is 0 Å². The van der Waals surface area contributed by atoms with E-state index < -0.39 is 17.6 Å². The van der Waals surface area contributed by atoms with Crippen molar-refractivity contribution in [2.45, 2.75) is 39.5 Å². The molecule has 8 nitrogen and oxygen atoms in total. The van der Waals surface area contributed by atoms with E-state index in [4.69, 9.17) is 4.74 Å². The standard InChI is InChI=1S/C25H25F3N6O2S/c1-14(2)30-10-17-7-18(25(26,27)28)9-19(23(17)36-4)31-24(35)16-6-5-15(3)21(8-16)34-12-20(32-33-34)22-11-29-13-37-22/h5-9,11-14,30H,10H2,1-4H3,(H,31,35). The highest BCUT2D eigenvalue weighted by molar-refractivity contribution is 7.13. The topological polar surface area (TPSA) is 94.0 Å². The molecule has 0 aliphatic rings. The molecule has 0 spiro atoms. The first-order valence-electron chi connectivity index (χ1n) is 11.3. The van der Waals surface area contributed by atoms with Gasteiger partial charge in [0.2, 0.25) is 0 Å². The van der Waals surface area contributed by atoms with Crippen LogP contribution in [0.3, 0.4) is 0 Å². The Balaban J connectivity index is 1.67. The Morgan fingerprint density at radius 3 is 2.65 bits per heavy atom. The molecule has 37 heavy (non-hydrogen) atoms. The first kappa shape index (κ1) is 26.3. The summed E-state index contributed by atoms with van der Waals surface area (Å²) in [7, 11) is 1.35. The van der Waals surface area contributed by atoms with Crippen LogP contribution in [-0.2, 0) is 12.7 Å². The van der Waals surface area contributed by atoms with Gasteiger partial charge in [-0.25, -0.2) is 4.68 Å². The molecule has 0 bridgehead atoms. The number of hydrogen-bond donors (Lipinski definition) is 2. The summed E-state index contributed by atoms with van der Waals surface area (Å²) in [5, 5.41) is 14.0. The van der Waals surface area contributed by atoms with E-state index in [9.17, 15) is 18.0 Å². The molecule has 4 aromatic rings. The number of aromatic nitrogens is 4. The number of carbonyl (C=O) groups excluding carboxylic acids is 1. The number of nitrogens with one attached hydrogen (secondary N) is 2. The third kappa shape index (κ3) is 5.97. The van der Waals surface area contributed by atoms with E-state index in [1.807, 2.05) is 20.8 Å². The average molecular weight is 531 g/mol. The number of alkyl halides is 3. The Morgan fingerprint density at radius 1 is 1.22 bits per heavy atom. The molecule has 194 valence electrons. The molecule has 1 amide bonds. The number of amides is 1. The molecule has 0 atom stereocenters. The minimum Gasteiger partial charge on any atom is -0.494 e. The zero-order chi connectivity index (χ0) is 26.7. The maximum absolute atomic E-state index is 13.6. The molecule has 0 aliphatic carbocycles. The molecule has 2 aromatic carbocycles. The van der Waals surface area contributed by atoms with Crippen LogP contribution in [0.1, 0.15) is 40.9 Å². The number of rotatable bonds is 8. The summed E-state index contributed by atoms with van der Waals surface area (Å²) in [6, 6.07) is 6.88. The number of nitrogens with zero attached hydrogens (tertiary/aromatic N) is 4. The van der Waals surface area contributed by atoms with E-state index in [1.165, 1.54) is 18.4 Å². The van der Waals surface area contributed by atoms with Crippen molar-refractivity contribution in [3.63, 3.8) is 0 Å². The monoisotopic (exact) mass is 530 g/mol. The fraction of sp³-hybridized carbons (Fsp3) is 0.280. The number of ether oxygens (including phenoxy) is 1. The summed E-state index contributed by atoms with van der Waals surface area (Å²) >= 11 is 1.42. The normalized spacial score (nSPS) is 11.7. The van der Waals surface area contributed by atoms with Crippen LogP contribution in [-0.4, -0.2) is 39.0 Å². The minimum absolute atomic E-state index is 0.0386. The predicted octanol–water partition coefficient (Wildman–Crippen LogP) is 5.48. The van der Waals surface area contributed by atoms with Crippen molar-refractivity contribution < 1.29 is 22.7 Å². The SMILES string of the molecule is COc1c(CNC(C)C)cc(C(F)(F)F)cc1NC(=O)c1ccc(C)c(-n2cc(-c3cncs3)nn2)c1. The summed E-state index contributed by atoms with van der Waals surface area (Å²) in [5.41, 5.74) is 3.32. The van der Waals surface area contributed by atoms with Gasteiger partial charge in [0.15, 0.2) is 0 Å². The van der Waals surface area contributed by atoms with Gasteiger partial charge in [0.05, 0.1) is 40.6 Å². The molecule has 2 heterocycles. The van der Waals surface area contributed by atoms with Crippen LogP contribution in [0, 0.1) is 6.92 Å². The molecule has 4 rings (SSSR count). The lowest BCUT2D eigenvalue weighted by molar-refractivity contribution is -0.137. The van der Waals surface area contributed by atoms with E-state index in [0.717, 1.165) is 22.6 Å². The maximum Gasteiger partial charge on any atom is 0.416 e. The van der Waals surface area contributed by atoms with Gasteiger partial charge >= 0.3 is 6.18 Å². The Kier molecular flexibility index (Phi) is 7.60. The maximum atomic E-state index is 13.6. The predicted molar refractivity (Wildman–Crippen MR) is 135 cm³/mol. The van der Waals surface area contributed by atoms with Crippen LogP contribution >= 0.6 is 11.3 Å². The molecule has 0 aliphatic heterocycles. The van der Waals surface area contributed by atoms with E-state index in [-0.39, 0.29) is 35.2 Å². The largest absolute Gasteiger partial charge is 0.494 e. The second kappa shape index (κ2) is 10.7. The molecule has 2 N–H and O–H groups in total. The number of anilines is 1. The molecule has 2 aromatic heterocycles. The van der Waals surface area contributed by atoms with Crippen molar-refractivity contribution in [1.82, 2.24) is 25.3 Å². The first-order valence-corrected chi connectivity index (χ1v) is 12.2. The molecule has 0 fully saturated rings. The molecule has 0 saturated heterocycles. The summed E-state index contributed by atoms with van der Waals surface area (Å²) in [5.74, 6) is -0.434. The van der Waals surface area contributed by atoms with E-state index >= 15 is 0 Å². The molecule has 0 radical (unpaired) electrons. The van der Waals surface area contributed by atoms with Crippen LogP contribution in [0.4, 0.5) is 18.9 Å². The fourth-order valence-electron chi connectivity index (χ4n) is 3.66. The number of hydrogen-bond acceptors (Lipinski definition) is 7. The third-order valence-electron chi connectivity index (χ3n) is 5.54. The first-order chi connectivity index (χ1) is 17.6. The minimum atomic E-state index is -4.60. The van der Waals surface area contributed by atoms with Gasteiger partial charge in [-0.15, -0.1) is 16.4 Å². The highest BCUT2D eigenvalue weighted by Crippen LogP contribution is 2.38. The van der Waals surface area contributed by atoms with Crippen LogP contribution in [0.2, 0.25) is 0 Å². The third-order valence-corrected chi connectivity index (χ3v) is 6.34. The fourth-order valence-corrected chi connectivity index (χ4v) is 4.23. The smallest absolute Gasteiger partial charge is 0.416 e. The van der Waals surface area contributed by atoms with Crippen LogP contribution in [0.15, 0.2) is 48.2 Å². The van der Waals surface area contributed by atoms with Crippen molar-refractivity contribution in [2.75, 3.05) is 12.4 Å². The summed E-state index contributed by atoms with van der Waals surface area (Å²) in [6.07, 6.45) is -1.19. The number of halogens is 3. The molecular formula is C25H25F3N6O2S. The van der Waals surface area contributed by atoms with Crippen molar-refractivity contribution in [3.8, 4) is 22.0 Å². The Labute approximate surface area is 215 Å². The highest BCUT2D eigenvalue weighted by atomic mass is 32.1. The zero-order valence-electron chi connectivity index (χ0n) is 20.6. The van der Waals surface area contributed by atoms with Gasteiger partial charge in [-0.05, 0) is 36.8 Å². The lowest BCUT2D eigenvalue weighted by Crippen LogP contribution is -2.23. The quantitative estimate of drug-likeness (QED) is 0.314. The van der Waals surface area contributed by atoms with Crippen molar-refractivity contribution in [1.29, 1.82) is 0 Å². The van der Waals surface area contributed by atoms with Gasteiger partial charge in [0, 0.05) is 29.9 Å². The molecular weight excluding hydrogens is 505 g/mol. The second-order valence-electron chi connectivity index (χ2n) is 8.62. The Morgan fingerprint density at radius 2 is 2.00 bits per heavy atom. The van der Waals surface area contributed by atoms with Crippen LogP contribution < -0.4 is 15.4 Å². The van der Waals surface area contributed by atoms with E-state index in [1.54, 1.807) is 40.8 Å². The van der Waals surface area contributed by atoms with E-state index in [0.29, 0.717) is 11.4 Å². The van der Waals surface area contributed by atoms with Crippen molar-refractivity contribution >= 4 is 22.9 Å². The Hall–Kier alpha value is -3.77. The lowest BCUT2D eigenvalue weighted by Gasteiger charge is -2.19. The number of benzene rings is 2. The van der Waals surface area contributed by atoms with Gasteiger partial charge in [-0.1, -0.05) is 25.1 Å². The second-order valence-corrected chi connectivity index (χ2v) is 9.51. The number of aryl methyl sites for hydroxylation is 1. The van der Waals surface area contributed by atoms with Gasteiger partial charge in [0.25, 0.3) is 5.91 Å². The molecule has 0 unspecified atom stereocenters.